The molecule has 6 heteroatoms. The Kier molecular flexibility index (Phi) is 5.14. The molecule has 1 aromatic rings. The van der Waals surface area contributed by atoms with Gasteiger partial charge in [-0.05, 0) is 32.1 Å². The van der Waals surface area contributed by atoms with Gasteiger partial charge in [-0.1, -0.05) is 0 Å². The Labute approximate surface area is 119 Å². The quantitative estimate of drug-likeness (QED) is 0.821. The van der Waals surface area contributed by atoms with Crippen LogP contribution in [0.15, 0.2) is 6.20 Å². The molecule has 1 saturated carbocycles. The Morgan fingerprint density at radius 3 is 2.70 bits per heavy atom. The molecule has 0 radical (unpaired) electrons. The highest BCUT2D eigenvalue weighted by atomic mass is 16.5. The summed E-state index contributed by atoms with van der Waals surface area (Å²) in [5.41, 5.74) is 0.466. The lowest BCUT2D eigenvalue weighted by atomic mass is 9.78. The van der Waals surface area contributed by atoms with E-state index in [-0.39, 0.29) is 0 Å². The highest BCUT2D eigenvalue weighted by Gasteiger charge is 2.32. The second-order valence-electron chi connectivity index (χ2n) is 4.97. The van der Waals surface area contributed by atoms with Gasteiger partial charge in [0.25, 0.3) is 0 Å². The van der Waals surface area contributed by atoms with E-state index in [1.54, 1.807) is 0 Å². The summed E-state index contributed by atoms with van der Waals surface area (Å²) < 4.78 is 15.7. The summed E-state index contributed by atoms with van der Waals surface area (Å²) >= 11 is 0. The Hall–Kier alpha value is -1.40. The van der Waals surface area contributed by atoms with Crippen molar-refractivity contribution < 1.29 is 19.3 Å². The van der Waals surface area contributed by atoms with Crippen molar-refractivity contribution in [3.63, 3.8) is 0 Å². The topological polar surface area (TPSA) is 73.7 Å². The van der Waals surface area contributed by atoms with Crippen LogP contribution in [0.3, 0.4) is 0 Å². The molecular weight excluding hydrogens is 260 g/mol. The van der Waals surface area contributed by atoms with Crippen molar-refractivity contribution in [2.24, 2.45) is 5.92 Å². The van der Waals surface area contributed by atoms with E-state index in [4.69, 9.17) is 14.2 Å². The normalized spacial score (nSPS) is 23.0. The fourth-order valence-corrected chi connectivity index (χ4v) is 2.51. The molecule has 1 atom stereocenters. The molecule has 1 heterocycles. The number of aliphatic hydroxyl groups is 1. The van der Waals surface area contributed by atoms with E-state index in [0.717, 1.165) is 19.4 Å². The maximum absolute atomic E-state index is 10.3. The van der Waals surface area contributed by atoms with Gasteiger partial charge in [-0.25, -0.2) is 4.98 Å². The zero-order chi connectivity index (χ0) is 14.5. The molecule has 1 fully saturated rings. The lowest BCUT2D eigenvalue weighted by Gasteiger charge is -2.36. The van der Waals surface area contributed by atoms with Crippen molar-refractivity contribution in [1.29, 1.82) is 0 Å². The third-order valence-electron chi connectivity index (χ3n) is 3.61. The van der Waals surface area contributed by atoms with E-state index in [9.17, 15) is 5.11 Å². The first-order valence-electron chi connectivity index (χ1n) is 6.92. The molecule has 0 spiro atoms. The number of methoxy groups -OCH3 is 2. The van der Waals surface area contributed by atoms with Crippen LogP contribution in [0.2, 0.25) is 0 Å². The largest absolute Gasteiger partial charge is 0.480 e. The van der Waals surface area contributed by atoms with Crippen molar-refractivity contribution in [2.75, 3.05) is 20.8 Å². The Morgan fingerprint density at radius 2 is 2.10 bits per heavy atom. The molecule has 0 saturated heterocycles. The molecule has 2 rings (SSSR count). The van der Waals surface area contributed by atoms with Crippen LogP contribution in [0, 0.1) is 5.92 Å². The third-order valence-corrected chi connectivity index (χ3v) is 3.61. The van der Waals surface area contributed by atoms with Crippen molar-refractivity contribution in [2.45, 2.75) is 38.4 Å². The van der Waals surface area contributed by atoms with Crippen LogP contribution >= 0.6 is 0 Å². The molecule has 0 bridgehead atoms. The molecule has 1 aromatic heterocycles. The molecule has 112 valence electrons. The SMILES string of the molecule is CCOC1CC(CC(O)c2ncc(OC)nc2OC)C1. The molecule has 1 aliphatic rings. The maximum Gasteiger partial charge on any atom is 0.241 e. The van der Waals surface area contributed by atoms with E-state index >= 15 is 0 Å². The molecule has 20 heavy (non-hydrogen) atoms. The van der Waals surface area contributed by atoms with Crippen molar-refractivity contribution in [1.82, 2.24) is 9.97 Å². The average molecular weight is 282 g/mol. The molecule has 0 amide bonds. The second-order valence-corrected chi connectivity index (χ2v) is 4.97. The zero-order valence-electron chi connectivity index (χ0n) is 12.2. The number of ether oxygens (including phenoxy) is 3. The van der Waals surface area contributed by atoms with Crippen molar-refractivity contribution in [3.05, 3.63) is 11.9 Å². The summed E-state index contributed by atoms with van der Waals surface area (Å²) in [5.74, 6) is 1.16. The van der Waals surface area contributed by atoms with Crippen LogP contribution < -0.4 is 9.47 Å². The summed E-state index contributed by atoms with van der Waals surface area (Å²) in [5, 5.41) is 10.3. The van der Waals surface area contributed by atoms with Gasteiger partial charge in [0.2, 0.25) is 11.8 Å². The van der Waals surface area contributed by atoms with Gasteiger partial charge in [-0.15, -0.1) is 0 Å². The van der Waals surface area contributed by atoms with E-state index in [1.165, 1.54) is 20.4 Å². The highest BCUT2D eigenvalue weighted by Crippen LogP contribution is 2.38. The van der Waals surface area contributed by atoms with Crippen molar-refractivity contribution in [3.8, 4) is 11.8 Å². The van der Waals surface area contributed by atoms with E-state index in [2.05, 4.69) is 9.97 Å². The summed E-state index contributed by atoms with van der Waals surface area (Å²) in [4.78, 5) is 8.33. The van der Waals surface area contributed by atoms with Gasteiger partial charge in [0, 0.05) is 6.61 Å². The third kappa shape index (κ3) is 3.37. The average Bonchev–Trinajstić information content (AvgIpc) is 2.44. The lowest BCUT2D eigenvalue weighted by molar-refractivity contribution is -0.0385. The monoisotopic (exact) mass is 282 g/mol. The van der Waals surface area contributed by atoms with Gasteiger partial charge in [-0.3, -0.25) is 0 Å². The second kappa shape index (κ2) is 6.85. The number of rotatable bonds is 7. The highest BCUT2D eigenvalue weighted by molar-refractivity contribution is 5.24. The van der Waals surface area contributed by atoms with Crippen LogP contribution in [0.4, 0.5) is 0 Å². The Balaban J connectivity index is 1.94. The standard InChI is InChI=1S/C14H22N2O4/c1-4-20-10-5-9(6-10)7-11(17)13-14(19-3)16-12(18-2)8-15-13/h8-11,17H,4-7H2,1-3H3. The minimum absolute atomic E-state index is 0.317. The van der Waals surface area contributed by atoms with Gasteiger partial charge < -0.3 is 19.3 Å². The van der Waals surface area contributed by atoms with Crippen LogP contribution in [-0.2, 0) is 4.74 Å². The molecule has 6 nitrogen and oxygen atoms in total. The molecule has 0 aliphatic heterocycles. The number of nitrogens with zero attached hydrogens (tertiary/aromatic N) is 2. The van der Waals surface area contributed by atoms with Gasteiger partial charge in [0.05, 0.1) is 26.5 Å². The van der Waals surface area contributed by atoms with Crippen LogP contribution in [-0.4, -0.2) is 42.0 Å². The predicted octanol–water partition coefficient (Wildman–Crippen LogP) is 1.73. The summed E-state index contributed by atoms with van der Waals surface area (Å²) in [6.07, 6.45) is 3.82. The summed E-state index contributed by atoms with van der Waals surface area (Å²) in [7, 11) is 3.02. The maximum atomic E-state index is 10.3. The number of aliphatic hydroxyl groups excluding tert-OH is 1. The number of hydrogen-bond acceptors (Lipinski definition) is 6. The Morgan fingerprint density at radius 1 is 1.35 bits per heavy atom. The fourth-order valence-electron chi connectivity index (χ4n) is 2.51. The minimum atomic E-state index is -0.670. The van der Waals surface area contributed by atoms with E-state index in [1.807, 2.05) is 6.92 Å². The first-order chi connectivity index (χ1) is 9.67. The van der Waals surface area contributed by atoms with Crippen LogP contribution in [0.5, 0.6) is 11.8 Å². The van der Waals surface area contributed by atoms with Crippen LogP contribution in [0.1, 0.15) is 38.0 Å². The molecular formula is C14H22N2O4. The first kappa shape index (κ1) is 15.0. The smallest absolute Gasteiger partial charge is 0.241 e. The number of aromatic nitrogens is 2. The molecule has 1 aliphatic carbocycles. The lowest BCUT2D eigenvalue weighted by Crippen LogP contribution is -2.32. The Bertz CT molecular complexity index is 435. The first-order valence-corrected chi connectivity index (χ1v) is 6.92. The van der Waals surface area contributed by atoms with Gasteiger partial charge in [0.15, 0.2) is 0 Å². The summed E-state index contributed by atoms with van der Waals surface area (Å²) in [6, 6.07) is 0. The molecule has 1 unspecified atom stereocenters. The van der Waals surface area contributed by atoms with Crippen LogP contribution in [0.25, 0.3) is 0 Å². The summed E-state index contributed by atoms with van der Waals surface area (Å²) in [6.45, 7) is 2.75. The zero-order valence-corrected chi connectivity index (χ0v) is 12.2. The minimum Gasteiger partial charge on any atom is -0.480 e. The molecule has 0 aromatic carbocycles. The number of hydrogen-bond donors (Lipinski definition) is 1. The van der Waals surface area contributed by atoms with Gasteiger partial charge in [0.1, 0.15) is 11.8 Å². The molecule has 1 N–H and O–H groups in total. The fraction of sp³-hybridized carbons (Fsp3) is 0.714. The van der Waals surface area contributed by atoms with Gasteiger partial charge >= 0.3 is 0 Å². The van der Waals surface area contributed by atoms with E-state index < -0.39 is 6.10 Å². The van der Waals surface area contributed by atoms with E-state index in [0.29, 0.717) is 35.9 Å². The predicted molar refractivity (Wildman–Crippen MR) is 72.9 cm³/mol. The van der Waals surface area contributed by atoms with Gasteiger partial charge in [-0.2, -0.15) is 4.98 Å². The van der Waals surface area contributed by atoms with Crippen molar-refractivity contribution >= 4 is 0 Å².